The van der Waals surface area contributed by atoms with Gasteiger partial charge in [0, 0.05) is 0 Å². The zero-order chi connectivity index (χ0) is 7.11. The highest BCUT2D eigenvalue weighted by atomic mass is 35.5. The molecule has 3 N–H and O–H groups in total. The Balaban J connectivity index is 0.000000148. The summed E-state index contributed by atoms with van der Waals surface area (Å²) < 4.78 is 0. The van der Waals surface area contributed by atoms with E-state index in [4.69, 9.17) is 4.79 Å². The number of nitrogens with two attached hydrogens (primary N) is 1. The van der Waals surface area contributed by atoms with Gasteiger partial charge in [-0.25, -0.2) is 0 Å². The minimum absolute atomic E-state index is 0.861. The van der Waals surface area contributed by atoms with Crippen molar-refractivity contribution in [1.82, 2.24) is 5.32 Å². The van der Waals surface area contributed by atoms with E-state index in [-0.39, 0.29) is 0 Å². The first-order valence-corrected chi connectivity index (χ1v) is 3.27. The largest absolute Gasteiger partial charge is 0.356 e. The van der Waals surface area contributed by atoms with Crippen LogP contribution in [0.5, 0.6) is 0 Å². The molecule has 1 fully saturated rings. The van der Waals surface area contributed by atoms with Crippen LogP contribution in [-0.4, -0.2) is 18.5 Å². The van der Waals surface area contributed by atoms with E-state index in [2.05, 4.69) is 22.7 Å². The molecule has 0 atom stereocenters. The maximum absolute atomic E-state index is 8.99. The van der Waals surface area contributed by atoms with E-state index in [1.54, 1.807) is 0 Å². The molecular formula is C5H11ClN2O. The molecule has 1 aliphatic rings. The molecule has 0 aromatic rings. The minimum Gasteiger partial charge on any atom is -0.356 e. The Bertz CT molecular complexity index is 71.4. The monoisotopic (exact) mass is 150 g/mol. The maximum Gasteiger partial charge on any atom is 0.311 e. The van der Waals surface area contributed by atoms with Gasteiger partial charge in [-0.3, -0.25) is 4.79 Å². The molecule has 0 unspecified atom stereocenters. The van der Waals surface area contributed by atoms with E-state index in [9.17, 15) is 0 Å². The van der Waals surface area contributed by atoms with Crippen LogP contribution in [0.25, 0.3) is 0 Å². The van der Waals surface area contributed by atoms with Crippen molar-refractivity contribution in [1.29, 1.82) is 0 Å². The molecule has 54 valence electrons. The van der Waals surface area contributed by atoms with Crippen LogP contribution in [0.2, 0.25) is 0 Å². The normalized spacial score (nSPS) is 16.1. The van der Waals surface area contributed by atoms with Gasteiger partial charge in [-0.05, 0) is 37.5 Å². The fraction of sp³-hybridized carbons (Fsp3) is 0.800. The van der Waals surface area contributed by atoms with Crippen LogP contribution < -0.4 is 11.1 Å². The number of rotatable bonds is 0. The van der Waals surface area contributed by atoms with Gasteiger partial charge in [0.2, 0.25) is 0 Å². The average molecular weight is 151 g/mol. The molecular weight excluding hydrogens is 140 g/mol. The molecule has 0 bridgehead atoms. The number of hydrogen-bond acceptors (Lipinski definition) is 2. The van der Waals surface area contributed by atoms with Gasteiger partial charge in [0.15, 0.2) is 0 Å². The van der Waals surface area contributed by atoms with E-state index in [0.717, 1.165) is 0 Å². The maximum atomic E-state index is 8.99. The van der Waals surface area contributed by atoms with Crippen LogP contribution in [0, 0.1) is 0 Å². The van der Waals surface area contributed by atoms with Crippen LogP contribution >= 0.6 is 11.6 Å². The van der Waals surface area contributed by atoms with Gasteiger partial charge in [0.25, 0.3) is 0 Å². The molecule has 3 nitrogen and oxygen atoms in total. The van der Waals surface area contributed by atoms with Gasteiger partial charge < -0.3 is 11.1 Å². The van der Waals surface area contributed by atoms with Crippen molar-refractivity contribution in [2.24, 2.45) is 5.73 Å². The molecule has 4 heteroatoms. The summed E-state index contributed by atoms with van der Waals surface area (Å²) in [6.45, 7) is 2.50. The fourth-order valence-electron chi connectivity index (χ4n) is 0.625. The van der Waals surface area contributed by atoms with Gasteiger partial charge in [-0.2, -0.15) is 0 Å². The van der Waals surface area contributed by atoms with E-state index in [1.165, 1.54) is 25.9 Å². The second-order valence-electron chi connectivity index (χ2n) is 1.76. The first-order chi connectivity index (χ1) is 4.23. The summed E-state index contributed by atoms with van der Waals surface area (Å²) in [7, 11) is 0. The highest BCUT2D eigenvalue weighted by Crippen LogP contribution is 1.90. The van der Waals surface area contributed by atoms with Crippen LogP contribution in [0.15, 0.2) is 0 Å². The summed E-state index contributed by atoms with van der Waals surface area (Å²) in [5, 5.41) is 2.36. The van der Waals surface area contributed by atoms with Crippen LogP contribution in [0.4, 0.5) is 4.79 Å². The number of carbonyl (C=O) groups excluding carboxylic acids is 1. The Hall–Kier alpha value is -0.280. The Morgan fingerprint density at radius 3 is 1.89 bits per heavy atom. The lowest BCUT2D eigenvalue weighted by molar-refractivity contribution is 0.266. The standard InChI is InChI=1S/C4H9N.CH2ClNO/c1-2-4-5-3-1;2-1(3)4/h5H,1-4H2;(H2,3,4). The highest BCUT2D eigenvalue weighted by molar-refractivity contribution is 6.62. The number of amides is 1. The van der Waals surface area contributed by atoms with Crippen molar-refractivity contribution in [3.05, 3.63) is 0 Å². The van der Waals surface area contributed by atoms with Crippen LogP contribution in [-0.2, 0) is 0 Å². The molecule has 1 rings (SSSR count). The first kappa shape index (κ1) is 8.72. The van der Waals surface area contributed by atoms with E-state index < -0.39 is 5.37 Å². The molecule has 0 aliphatic carbocycles. The molecule has 1 aliphatic heterocycles. The SMILES string of the molecule is C1CCNC1.NC(=O)Cl. The van der Waals surface area contributed by atoms with Crippen molar-refractivity contribution < 1.29 is 4.79 Å². The van der Waals surface area contributed by atoms with Crippen molar-refractivity contribution in [2.75, 3.05) is 13.1 Å². The summed E-state index contributed by atoms with van der Waals surface area (Å²) >= 11 is 4.41. The molecule has 0 aromatic heterocycles. The number of primary amides is 1. The summed E-state index contributed by atoms with van der Waals surface area (Å²) in [5.74, 6) is 0. The minimum atomic E-state index is -0.861. The van der Waals surface area contributed by atoms with Crippen molar-refractivity contribution in [3.8, 4) is 0 Å². The third-order valence-electron chi connectivity index (χ3n) is 0.957. The smallest absolute Gasteiger partial charge is 0.311 e. The third-order valence-corrected chi connectivity index (χ3v) is 0.957. The van der Waals surface area contributed by atoms with E-state index in [1.807, 2.05) is 0 Å². The quantitative estimate of drug-likeness (QED) is 0.394. The first-order valence-electron chi connectivity index (χ1n) is 2.89. The number of nitrogens with one attached hydrogen (secondary N) is 1. The molecule has 1 amide bonds. The Morgan fingerprint density at radius 1 is 1.44 bits per heavy atom. The van der Waals surface area contributed by atoms with Crippen LogP contribution in [0.1, 0.15) is 12.8 Å². The molecule has 0 saturated carbocycles. The van der Waals surface area contributed by atoms with E-state index >= 15 is 0 Å². The fourth-order valence-corrected chi connectivity index (χ4v) is 0.625. The third kappa shape index (κ3) is 11.3. The lowest BCUT2D eigenvalue weighted by atomic mass is 10.4. The topological polar surface area (TPSA) is 55.1 Å². The zero-order valence-electron chi connectivity index (χ0n) is 5.19. The lowest BCUT2D eigenvalue weighted by Crippen LogP contribution is -2.03. The van der Waals surface area contributed by atoms with Crippen molar-refractivity contribution in [2.45, 2.75) is 12.8 Å². The van der Waals surface area contributed by atoms with Crippen LogP contribution in [0.3, 0.4) is 0 Å². The summed E-state index contributed by atoms with van der Waals surface area (Å²) in [4.78, 5) is 8.99. The van der Waals surface area contributed by atoms with Gasteiger partial charge in [0.05, 0.1) is 0 Å². The predicted octanol–water partition coefficient (Wildman–Crippen LogP) is 0.674. The highest BCUT2D eigenvalue weighted by Gasteiger charge is 1.93. The second kappa shape index (κ2) is 5.85. The second-order valence-corrected chi connectivity index (χ2v) is 2.13. The van der Waals surface area contributed by atoms with Crippen molar-refractivity contribution in [3.63, 3.8) is 0 Å². The average Bonchev–Trinajstić information content (AvgIpc) is 2.11. The molecule has 1 heterocycles. The molecule has 1 saturated heterocycles. The number of hydrogen-bond donors (Lipinski definition) is 2. The summed E-state index contributed by atoms with van der Waals surface area (Å²) in [5.41, 5.74) is 4.24. The number of carbonyl (C=O) groups is 1. The Labute approximate surface area is 59.6 Å². The number of halogens is 1. The van der Waals surface area contributed by atoms with Crippen molar-refractivity contribution >= 4 is 17.0 Å². The zero-order valence-corrected chi connectivity index (χ0v) is 5.95. The van der Waals surface area contributed by atoms with Gasteiger partial charge in [0.1, 0.15) is 0 Å². The van der Waals surface area contributed by atoms with Gasteiger partial charge in [-0.1, -0.05) is 0 Å². The summed E-state index contributed by atoms with van der Waals surface area (Å²) in [6.07, 6.45) is 2.78. The Morgan fingerprint density at radius 2 is 1.78 bits per heavy atom. The molecule has 0 aromatic carbocycles. The van der Waals surface area contributed by atoms with E-state index in [0.29, 0.717) is 0 Å². The summed E-state index contributed by atoms with van der Waals surface area (Å²) in [6, 6.07) is 0. The molecule has 0 spiro atoms. The Kier molecular flexibility index (Phi) is 5.67. The van der Waals surface area contributed by atoms with Gasteiger partial charge >= 0.3 is 5.37 Å². The molecule has 0 radical (unpaired) electrons. The predicted molar refractivity (Wildman–Crippen MR) is 37.5 cm³/mol. The molecule has 9 heavy (non-hydrogen) atoms. The lowest BCUT2D eigenvalue weighted by Gasteiger charge is -1.76. The van der Waals surface area contributed by atoms with Gasteiger partial charge in [-0.15, -0.1) is 0 Å².